The summed E-state index contributed by atoms with van der Waals surface area (Å²) in [5.41, 5.74) is 0.110. The number of carbonyl (C=O) groups is 3. The van der Waals surface area contributed by atoms with Crippen molar-refractivity contribution in [2.45, 2.75) is 39.4 Å². The van der Waals surface area contributed by atoms with Crippen molar-refractivity contribution in [3.05, 3.63) is 35.9 Å². The number of amides is 1. The van der Waals surface area contributed by atoms with Gasteiger partial charge in [0.25, 0.3) is 0 Å². The van der Waals surface area contributed by atoms with Crippen LogP contribution in [0.15, 0.2) is 30.3 Å². The fraction of sp³-hybridized carbons (Fsp3) is 0.550. The Morgan fingerprint density at radius 1 is 1.13 bits per heavy atom. The first-order valence-corrected chi connectivity index (χ1v) is 11.4. The molecule has 2 rings (SSSR count). The van der Waals surface area contributed by atoms with Crippen molar-refractivity contribution in [3.63, 3.8) is 0 Å². The molecule has 11 heteroatoms. The van der Waals surface area contributed by atoms with Gasteiger partial charge >= 0.3 is 19.7 Å². The Bertz CT molecular complexity index is 815. The largest absolute Gasteiger partial charge is 0.469 e. The summed E-state index contributed by atoms with van der Waals surface area (Å²) in [5, 5.41) is 5.16. The lowest BCUT2D eigenvalue weighted by molar-refractivity contribution is -0.145. The average Bonchev–Trinajstić information content (AvgIpc) is 2.74. The minimum absolute atomic E-state index is 0.00478. The van der Waals surface area contributed by atoms with E-state index in [0.717, 1.165) is 5.56 Å². The van der Waals surface area contributed by atoms with E-state index in [1.165, 1.54) is 7.11 Å². The number of hydrogen-bond acceptors (Lipinski definition) is 8. The third kappa shape index (κ3) is 8.06. The van der Waals surface area contributed by atoms with Crippen LogP contribution in [0.25, 0.3) is 0 Å². The highest BCUT2D eigenvalue weighted by Gasteiger charge is 2.47. The predicted octanol–water partition coefficient (Wildman–Crippen LogP) is 1.94. The smallest absolute Gasteiger partial charge is 0.406 e. The summed E-state index contributed by atoms with van der Waals surface area (Å²) in [4.78, 5) is 35.6. The molecule has 1 unspecified atom stereocenters. The van der Waals surface area contributed by atoms with Crippen LogP contribution in [0.5, 0.6) is 0 Å². The maximum Gasteiger partial charge on any atom is 0.406 e. The predicted molar refractivity (Wildman–Crippen MR) is 111 cm³/mol. The number of ether oxygens (including phenoxy) is 2. The molecule has 2 atom stereocenters. The lowest BCUT2D eigenvalue weighted by Gasteiger charge is -2.40. The maximum atomic E-state index is 12.9. The highest BCUT2D eigenvalue weighted by Crippen LogP contribution is 2.53. The third-order valence-corrected chi connectivity index (χ3v) is 6.10. The number of hydrogen-bond donors (Lipinski definition) is 2. The fourth-order valence-electron chi connectivity index (χ4n) is 2.71. The molecule has 0 aromatic heterocycles. The van der Waals surface area contributed by atoms with Crippen LogP contribution >= 0.6 is 7.75 Å². The second kappa shape index (κ2) is 11.4. The number of methoxy groups -OCH3 is 1. The van der Waals surface area contributed by atoms with Gasteiger partial charge in [0, 0.05) is 18.5 Å². The van der Waals surface area contributed by atoms with E-state index in [9.17, 15) is 18.9 Å². The van der Waals surface area contributed by atoms with Gasteiger partial charge in [-0.2, -0.15) is 0 Å². The quantitative estimate of drug-likeness (QED) is 0.401. The minimum atomic E-state index is -3.80. The van der Waals surface area contributed by atoms with E-state index in [0.29, 0.717) is 0 Å². The van der Waals surface area contributed by atoms with Gasteiger partial charge in [-0.15, -0.1) is 0 Å². The van der Waals surface area contributed by atoms with Crippen LogP contribution in [-0.4, -0.2) is 50.8 Å². The first-order valence-electron chi connectivity index (χ1n) is 9.87. The molecule has 0 aliphatic carbocycles. The van der Waals surface area contributed by atoms with Crippen molar-refractivity contribution in [3.8, 4) is 0 Å². The Balaban J connectivity index is 1.81. The Kier molecular flexibility index (Phi) is 9.18. The monoisotopic (exact) mass is 456 g/mol. The number of nitrogens with one attached hydrogen (secondary N) is 2. The number of rotatable bonds is 10. The van der Waals surface area contributed by atoms with E-state index in [-0.39, 0.29) is 39.1 Å². The zero-order chi connectivity index (χ0) is 22.9. The molecule has 1 saturated heterocycles. The van der Waals surface area contributed by atoms with Gasteiger partial charge < -0.3 is 14.8 Å². The third-order valence-electron chi connectivity index (χ3n) is 4.53. The molecule has 1 aromatic rings. The first-order chi connectivity index (χ1) is 14.6. The van der Waals surface area contributed by atoms with E-state index >= 15 is 0 Å². The van der Waals surface area contributed by atoms with Crippen LogP contribution in [-0.2, 0) is 44.1 Å². The van der Waals surface area contributed by atoms with Gasteiger partial charge in [0.2, 0.25) is 5.91 Å². The molecule has 0 radical (unpaired) electrons. The molecule has 0 spiro atoms. The standard InChI is InChI=1S/C20H29N2O8P/c1-20(2)14-29-31(26,30-18(20)19(25)21-11-9-16(23)27-3)22-12-10-17(24)28-13-15-7-5-4-6-8-15/h4-8,18H,9-14H2,1-3H3,(H,21,25)(H,22,26)/t18-,31?/m0/s1. The number of esters is 2. The van der Waals surface area contributed by atoms with Crippen LogP contribution < -0.4 is 10.4 Å². The summed E-state index contributed by atoms with van der Waals surface area (Å²) in [5.74, 6) is -1.45. The molecule has 1 heterocycles. The Morgan fingerprint density at radius 2 is 1.81 bits per heavy atom. The van der Waals surface area contributed by atoms with Crippen LogP contribution in [0.4, 0.5) is 0 Å². The molecule has 172 valence electrons. The van der Waals surface area contributed by atoms with E-state index in [1.54, 1.807) is 13.8 Å². The molecular weight excluding hydrogens is 427 g/mol. The molecule has 1 aliphatic rings. The number of carbonyl (C=O) groups excluding carboxylic acids is 3. The van der Waals surface area contributed by atoms with Crippen LogP contribution in [0, 0.1) is 5.41 Å². The molecular formula is C20H29N2O8P. The second-order valence-electron chi connectivity index (χ2n) is 7.67. The first kappa shape index (κ1) is 25.0. The second-order valence-corrected chi connectivity index (χ2v) is 9.45. The van der Waals surface area contributed by atoms with Crippen LogP contribution in [0.3, 0.4) is 0 Å². The summed E-state index contributed by atoms with van der Waals surface area (Å²) < 4.78 is 33.4. The van der Waals surface area contributed by atoms with Gasteiger partial charge in [-0.25, -0.2) is 9.65 Å². The maximum absolute atomic E-state index is 12.9. The van der Waals surface area contributed by atoms with Gasteiger partial charge in [0.1, 0.15) is 6.61 Å². The topological polar surface area (TPSA) is 129 Å². The molecule has 1 fully saturated rings. The van der Waals surface area contributed by atoms with Crippen molar-refractivity contribution >= 4 is 25.6 Å². The Labute approximate surface area is 181 Å². The SMILES string of the molecule is COC(=O)CCNC(=O)[C@@H]1OP(=O)(NCCC(=O)OCc2ccccc2)OCC1(C)C. The normalized spacial score (nSPS) is 22.4. The summed E-state index contributed by atoms with van der Waals surface area (Å²) >= 11 is 0. The van der Waals surface area contributed by atoms with E-state index in [2.05, 4.69) is 15.1 Å². The molecule has 31 heavy (non-hydrogen) atoms. The van der Waals surface area contributed by atoms with Gasteiger partial charge in [-0.1, -0.05) is 44.2 Å². The molecule has 0 bridgehead atoms. The van der Waals surface area contributed by atoms with Crippen molar-refractivity contribution in [1.29, 1.82) is 0 Å². The zero-order valence-electron chi connectivity index (χ0n) is 17.9. The van der Waals surface area contributed by atoms with Crippen molar-refractivity contribution < 1.29 is 37.5 Å². The average molecular weight is 456 g/mol. The fourth-order valence-corrected chi connectivity index (χ4v) is 4.49. The molecule has 2 N–H and O–H groups in total. The zero-order valence-corrected chi connectivity index (χ0v) is 18.8. The van der Waals surface area contributed by atoms with Crippen LogP contribution in [0.2, 0.25) is 0 Å². The molecule has 1 aromatic carbocycles. The number of benzene rings is 1. The highest BCUT2D eigenvalue weighted by atomic mass is 31.2. The van der Waals surface area contributed by atoms with Gasteiger partial charge in [-0.3, -0.25) is 23.4 Å². The summed E-state index contributed by atoms with van der Waals surface area (Å²) in [6, 6.07) is 9.23. The Hall–Kier alpha value is -2.26. The van der Waals surface area contributed by atoms with Gasteiger partial charge in [-0.05, 0) is 5.56 Å². The lowest BCUT2D eigenvalue weighted by atomic mass is 9.87. The van der Waals surface area contributed by atoms with E-state index in [4.69, 9.17) is 13.8 Å². The van der Waals surface area contributed by atoms with Gasteiger partial charge in [0.05, 0.1) is 26.6 Å². The molecule has 10 nitrogen and oxygen atoms in total. The molecule has 1 aliphatic heterocycles. The lowest BCUT2D eigenvalue weighted by Crippen LogP contribution is -2.50. The summed E-state index contributed by atoms with van der Waals surface area (Å²) in [7, 11) is -2.55. The highest BCUT2D eigenvalue weighted by molar-refractivity contribution is 7.51. The molecule has 1 amide bonds. The van der Waals surface area contributed by atoms with E-state index < -0.39 is 37.1 Å². The minimum Gasteiger partial charge on any atom is -0.469 e. The van der Waals surface area contributed by atoms with Crippen molar-refractivity contribution in [2.24, 2.45) is 5.41 Å². The van der Waals surface area contributed by atoms with Crippen LogP contribution in [0.1, 0.15) is 32.3 Å². The van der Waals surface area contributed by atoms with Crippen molar-refractivity contribution in [2.75, 3.05) is 26.8 Å². The summed E-state index contributed by atoms with van der Waals surface area (Å²) in [6.07, 6.45) is -1.11. The summed E-state index contributed by atoms with van der Waals surface area (Å²) in [6.45, 7) is 3.68. The van der Waals surface area contributed by atoms with Crippen molar-refractivity contribution in [1.82, 2.24) is 10.4 Å². The molecule has 0 saturated carbocycles. The van der Waals surface area contributed by atoms with E-state index in [1.807, 2.05) is 30.3 Å². The Morgan fingerprint density at radius 3 is 2.48 bits per heavy atom. The van der Waals surface area contributed by atoms with Gasteiger partial charge in [0.15, 0.2) is 6.10 Å².